The number of benzene rings is 1. The van der Waals surface area contributed by atoms with Gasteiger partial charge < -0.3 is 19.8 Å². The zero-order valence-electron chi connectivity index (χ0n) is 10.5. The number of rotatable bonds is 7. The molecular weight excluding hydrogens is 234 g/mol. The fraction of sp³-hybridized carbons (Fsp3) is 0.462. The summed E-state index contributed by atoms with van der Waals surface area (Å²) in [5, 5.41) is 17.8. The van der Waals surface area contributed by atoms with Gasteiger partial charge in [0.2, 0.25) is 0 Å². The fourth-order valence-corrected chi connectivity index (χ4v) is 1.60. The van der Waals surface area contributed by atoms with E-state index in [9.17, 15) is 4.79 Å². The number of ether oxygens (including phenoxy) is 1. The van der Waals surface area contributed by atoms with Crippen LogP contribution in [0, 0.1) is 0 Å². The molecule has 0 atom stereocenters. The molecule has 100 valence electrons. The predicted molar refractivity (Wildman–Crippen MR) is 67.7 cm³/mol. The van der Waals surface area contributed by atoms with Crippen LogP contribution in [-0.2, 0) is 0 Å². The smallest absolute Gasteiger partial charge is 0.254 e. The van der Waals surface area contributed by atoms with Gasteiger partial charge in [-0.3, -0.25) is 4.79 Å². The van der Waals surface area contributed by atoms with Crippen molar-refractivity contribution in [1.29, 1.82) is 0 Å². The normalized spacial score (nSPS) is 10.2. The molecule has 0 heterocycles. The second-order valence-electron chi connectivity index (χ2n) is 3.70. The van der Waals surface area contributed by atoms with E-state index in [0.29, 0.717) is 17.9 Å². The van der Waals surface area contributed by atoms with Crippen molar-refractivity contribution >= 4 is 5.91 Å². The van der Waals surface area contributed by atoms with Gasteiger partial charge in [0.1, 0.15) is 5.75 Å². The molecule has 1 aromatic carbocycles. The minimum Gasteiger partial charge on any atom is -0.494 e. The van der Waals surface area contributed by atoms with Gasteiger partial charge in [-0.15, -0.1) is 0 Å². The van der Waals surface area contributed by atoms with Crippen molar-refractivity contribution in [3.63, 3.8) is 0 Å². The number of aliphatic hydroxyl groups excluding tert-OH is 2. The number of carbonyl (C=O) groups excluding carboxylic acids is 1. The van der Waals surface area contributed by atoms with E-state index in [0.717, 1.165) is 0 Å². The average molecular weight is 253 g/mol. The van der Waals surface area contributed by atoms with E-state index in [4.69, 9.17) is 14.9 Å². The van der Waals surface area contributed by atoms with Crippen molar-refractivity contribution in [2.45, 2.75) is 6.92 Å². The van der Waals surface area contributed by atoms with Crippen molar-refractivity contribution in [3.05, 3.63) is 29.8 Å². The highest BCUT2D eigenvalue weighted by Crippen LogP contribution is 2.13. The Hall–Kier alpha value is -1.59. The molecule has 0 fully saturated rings. The molecule has 1 aromatic rings. The maximum absolute atomic E-state index is 12.1. The summed E-state index contributed by atoms with van der Waals surface area (Å²) in [5.41, 5.74) is 0.514. The summed E-state index contributed by atoms with van der Waals surface area (Å²) < 4.78 is 5.29. The Bertz CT molecular complexity index is 358. The lowest BCUT2D eigenvalue weighted by Crippen LogP contribution is -2.35. The largest absolute Gasteiger partial charge is 0.494 e. The summed E-state index contributed by atoms with van der Waals surface area (Å²) in [6.07, 6.45) is 0. The minimum absolute atomic E-state index is 0.122. The lowest BCUT2D eigenvalue weighted by atomic mass is 10.2. The molecule has 0 aliphatic carbocycles. The molecule has 2 N–H and O–H groups in total. The van der Waals surface area contributed by atoms with Gasteiger partial charge in [-0.1, -0.05) is 0 Å². The first-order valence-electron chi connectivity index (χ1n) is 5.96. The van der Waals surface area contributed by atoms with Gasteiger partial charge in [0, 0.05) is 18.7 Å². The van der Waals surface area contributed by atoms with Crippen LogP contribution in [0.2, 0.25) is 0 Å². The second kappa shape index (κ2) is 7.68. The molecule has 0 spiro atoms. The van der Waals surface area contributed by atoms with Crippen LogP contribution < -0.4 is 4.74 Å². The first kappa shape index (κ1) is 14.5. The van der Waals surface area contributed by atoms with Gasteiger partial charge in [-0.2, -0.15) is 0 Å². The fourth-order valence-electron chi connectivity index (χ4n) is 1.60. The van der Waals surface area contributed by atoms with Gasteiger partial charge in [-0.05, 0) is 31.2 Å². The lowest BCUT2D eigenvalue weighted by molar-refractivity contribution is 0.0685. The zero-order chi connectivity index (χ0) is 13.4. The van der Waals surface area contributed by atoms with Crippen LogP contribution in [0.4, 0.5) is 0 Å². The standard InChI is InChI=1S/C13H19NO4/c1-2-18-12-5-3-11(4-6-12)13(17)14(7-9-15)8-10-16/h3-6,15-16H,2,7-10H2,1H3. The molecule has 0 aliphatic heterocycles. The lowest BCUT2D eigenvalue weighted by Gasteiger charge is -2.20. The molecule has 1 rings (SSSR count). The summed E-state index contributed by atoms with van der Waals surface area (Å²) in [7, 11) is 0. The van der Waals surface area contributed by atoms with E-state index in [1.165, 1.54) is 4.90 Å². The molecule has 0 radical (unpaired) electrons. The Morgan fingerprint density at radius 2 is 1.72 bits per heavy atom. The van der Waals surface area contributed by atoms with Crippen LogP contribution in [0.15, 0.2) is 24.3 Å². The molecule has 1 amide bonds. The molecule has 5 nitrogen and oxygen atoms in total. The van der Waals surface area contributed by atoms with E-state index in [1.54, 1.807) is 24.3 Å². The van der Waals surface area contributed by atoms with Crippen molar-refractivity contribution in [2.75, 3.05) is 32.9 Å². The summed E-state index contributed by atoms with van der Waals surface area (Å²) in [5.74, 6) is 0.506. The summed E-state index contributed by atoms with van der Waals surface area (Å²) in [6, 6.07) is 6.81. The molecule has 0 saturated heterocycles. The Balaban J connectivity index is 2.74. The van der Waals surface area contributed by atoms with Gasteiger partial charge in [0.25, 0.3) is 5.91 Å². The highest BCUT2D eigenvalue weighted by atomic mass is 16.5. The topological polar surface area (TPSA) is 70.0 Å². The van der Waals surface area contributed by atoms with Crippen LogP contribution in [0.3, 0.4) is 0 Å². The molecule has 0 bridgehead atoms. The van der Waals surface area contributed by atoms with E-state index in [2.05, 4.69) is 0 Å². The second-order valence-corrected chi connectivity index (χ2v) is 3.70. The molecule has 0 unspecified atom stereocenters. The predicted octanol–water partition coefficient (Wildman–Crippen LogP) is 0.512. The van der Waals surface area contributed by atoms with Crippen LogP contribution in [0.5, 0.6) is 5.75 Å². The molecule has 5 heteroatoms. The number of aliphatic hydroxyl groups is 2. The number of nitrogens with zero attached hydrogens (tertiary/aromatic N) is 1. The third kappa shape index (κ3) is 4.01. The van der Waals surface area contributed by atoms with Crippen molar-refractivity contribution in [1.82, 2.24) is 4.90 Å². The van der Waals surface area contributed by atoms with Gasteiger partial charge in [0.15, 0.2) is 0 Å². The van der Waals surface area contributed by atoms with E-state index >= 15 is 0 Å². The SMILES string of the molecule is CCOc1ccc(C(=O)N(CCO)CCO)cc1. The highest BCUT2D eigenvalue weighted by molar-refractivity contribution is 5.94. The van der Waals surface area contributed by atoms with Crippen LogP contribution >= 0.6 is 0 Å². The Kier molecular flexibility index (Phi) is 6.18. The number of hydrogen-bond acceptors (Lipinski definition) is 4. The van der Waals surface area contributed by atoms with Crippen molar-refractivity contribution < 1.29 is 19.7 Å². The van der Waals surface area contributed by atoms with Crippen LogP contribution in [0.1, 0.15) is 17.3 Å². The highest BCUT2D eigenvalue weighted by Gasteiger charge is 2.14. The van der Waals surface area contributed by atoms with Gasteiger partial charge in [0.05, 0.1) is 19.8 Å². The summed E-state index contributed by atoms with van der Waals surface area (Å²) in [6.45, 7) is 2.66. The quantitative estimate of drug-likeness (QED) is 0.743. The maximum atomic E-state index is 12.1. The van der Waals surface area contributed by atoms with Gasteiger partial charge in [-0.25, -0.2) is 0 Å². The Labute approximate surface area is 107 Å². The average Bonchev–Trinajstić information content (AvgIpc) is 2.39. The first-order chi connectivity index (χ1) is 8.72. The monoisotopic (exact) mass is 253 g/mol. The molecule has 18 heavy (non-hydrogen) atoms. The molecule has 0 aliphatic rings. The van der Waals surface area contributed by atoms with E-state index < -0.39 is 0 Å². The number of hydrogen-bond donors (Lipinski definition) is 2. The molecule has 0 saturated carbocycles. The Morgan fingerprint density at radius 3 is 2.17 bits per heavy atom. The van der Waals surface area contributed by atoms with Crippen LogP contribution in [0.25, 0.3) is 0 Å². The van der Waals surface area contributed by atoms with Crippen molar-refractivity contribution in [3.8, 4) is 5.75 Å². The van der Waals surface area contributed by atoms with E-state index in [-0.39, 0.29) is 32.2 Å². The van der Waals surface area contributed by atoms with Gasteiger partial charge >= 0.3 is 0 Å². The third-order valence-corrected chi connectivity index (χ3v) is 2.44. The van der Waals surface area contributed by atoms with E-state index in [1.807, 2.05) is 6.92 Å². The van der Waals surface area contributed by atoms with Crippen LogP contribution in [-0.4, -0.2) is 53.9 Å². The number of carbonyl (C=O) groups is 1. The summed E-state index contributed by atoms with van der Waals surface area (Å²) in [4.78, 5) is 13.5. The molecule has 0 aromatic heterocycles. The third-order valence-electron chi connectivity index (χ3n) is 2.44. The zero-order valence-corrected chi connectivity index (χ0v) is 10.5. The first-order valence-corrected chi connectivity index (χ1v) is 5.96. The molecular formula is C13H19NO4. The summed E-state index contributed by atoms with van der Waals surface area (Å²) >= 11 is 0. The maximum Gasteiger partial charge on any atom is 0.254 e. The Morgan fingerprint density at radius 1 is 1.17 bits per heavy atom. The minimum atomic E-state index is -0.207. The van der Waals surface area contributed by atoms with Crippen molar-refractivity contribution in [2.24, 2.45) is 0 Å². The number of amides is 1.